The summed E-state index contributed by atoms with van der Waals surface area (Å²) in [6.07, 6.45) is 5.55. The number of H-pyrrole nitrogens is 1. The van der Waals surface area contributed by atoms with Crippen molar-refractivity contribution >= 4 is 22.7 Å². The number of allylic oxidation sites excluding steroid dienone is 1. The third-order valence-electron chi connectivity index (χ3n) is 5.90. The number of ether oxygens (including phenoxy) is 2. The van der Waals surface area contributed by atoms with Crippen LogP contribution in [0, 0.1) is 6.92 Å². The molecule has 0 saturated carbocycles. The quantitative estimate of drug-likeness (QED) is 0.538. The molecule has 3 N–H and O–H groups in total. The highest BCUT2D eigenvalue weighted by Crippen LogP contribution is 2.34. The molecule has 1 aliphatic rings. The monoisotopic (exact) mass is 492 g/mol. The molecule has 36 heavy (non-hydrogen) atoms. The fraction of sp³-hybridized carbons (Fsp3) is 0.462. The molecule has 2 bridgehead atoms. The number of hydrogen-bond acceptors (Lipinski definition) is 8. The molecule has 0 radical (unpaired) electrons. The maximum absolute atomic E-state index is 6.45. The summed E-state index contributed by atoms with van der Waals surface area (Å²) in [4.78, 5) is 11.8. The highest BCUT2D eigenvalue weighted by atomic mass is 16.5. The van der Waals surface area contributed by atoms with E-state index in [1.807, 2.05) is 46.2 Å². The number of nitrogens with two attached hydrogens (primary N) is 1. The van der Waals surface area contributed by atoms with Gasteiger partial charge in [-0.05, 0) is 59.9 Å². The predicted molar refractivity (Wildman–Crippen MR) is 143 cm³/mol. The van der Waals surface area contributed by atoms with Crippen molar-refractivity contribution in [2.45, 2.75) is 46.8 Å². The smallest absolute Gasteiger partial charge is 0.221 e. The number of nitrogens with zero attached hydrogens (tertiary/aromatic N) is 6. The molecule has 0 saturated heterocycles. The topological polar surface area (TPSA) is 119 Å². The lowest BCUT2D eigenvalue weighted by atomic mass is 10.1. The Bertz CT molecular complexity index is 1330. The Labute approximate surface area is 211 Å². The molecule has 4 heterocycles. The predicted octanol–water partition coefficient (Wildman–Crippen LogP) is 3.45. The number of likely N-dealkylation sites (N-methyl/N-ethyl adjacent to an activating group) is 1. The molecule has 0 aromatic carbocycles. The van der Waals surface area contributed by atoms with Crippen molar-refractivity contribution in [1.82, 2.24) is 29.9 Å². The molecule has 192 valence electrons. The first kappa shape index (κ1) is 25.4. The number of hydrogen-bond donors (Lipinski definition) is 2. The lowest BCUT2D eigenvalue weighted by molar-refractivity contribution is 0.159. The van der Waals surface area contributed by atoms with Gasteiger partial charge >= 0.3 is 0 Å². The van der Waals surface area contributed by atoms with Crippen LogP contribution in [0.5, 0.6) is 5.88 Å². The van der Waals surface area contributed by atoms with Crippen molar-refractivity contribution in [2.75, 3.05) is 26.7 Å². The van der Waals surface area contributed by atoms with E-state index in [0.717, 1.165) is 44.8 Å². The Morgan fingerprint density at radius 1 is 1.33 bits per heavy atom. The van der Waals surface area contributed by atoms with E-state index in [9.17, 15) is 0 Å². The summed E-state index contributed by atoms with van der Waals surface area (Å²) in [6, 6.07) is 2.10. The molecule has 0 amide bonds. The van der Waals surface area contributed by atoms with Crippen LogP contribution in [0.3, 0.4) is 0 Å². The molecule has 0 aliphatic carbocycles. The Hall–Kier alpha value is -3.66. The van der Waals surface area contributed by atoms with E-state index in [-0.39, 0.29) is 12.1 Å². The zero-order valence-electron chi connectivity index (χ0n) is 22.2. The molecule has 1 aliphatic heterocycles. The van der Waals surface area contributed by atoms with E-state index in [1.165, 1.54) is 0 Å². The first-order valence-corrected chi connectivity index (χ1v) is 12.3. The number of fused-ring (bicyclic) bond motifs is 3. The number of nitrogens with one attached hydrogen (secondary N) is 1. The second kappa shape index (κ2) is 10.5. The first-order chi connectivity index (χ1) is 17.2. The van der Waals surface area contributed by atoms with Gasteiger partial charge in [0.05, 0.1) is 52.3 Å². The number of aromatic nitrogens is 5. The molecule has 4 rings (SSSR count). The van der Waals surface area contributed by atoms with Gasteiger partial charge in [-0.3, -0.25) is 20.0 Å². The third kappa shape index (κ3) is 5.28. The number of aromatic amines is 1. The summed E-state index contributed by atoms with van der Waals surface area (Å²) < 4.78 is 14.0. The van der Waals surface area contributed by atoms with Crippen LogP contribution >= 0.6 is 0 Å². The summed E-state index contributed by atoms with van der Waals surface area (Å²) >= 11 is 0. The number of pyridine rings is 1. The Kier molecular flexibility index (Phi) is 7.44. The van der Waals surface area contributed by atoms with Gasteiger partial charge in [-0.25, -0.2) is 4.68 Å². The lowest BCUT2D eigenvalue weighted by Gasteiger charge is -2.24. The Balaban J connectivity index is 1.93. The van der Waals surface area contributed by atoms with Crippen LogP contribution in [0.15, 0.2) is 34.8 Å². The minimum Gasteiger partial charge on any atom is -0.479 e. The fourth-order valence-corrected chi connectivity index (χ4v) is 4.48. The van der Waals surface area contributed by atoms with E-state index >= 15 is 0 Å². The van der Waals surface area contributed by atoms with Crippen LogP contribution in [0.2, 0.25) is 0 Å². The molecule has 10 nitrogen and oxygen atoms in total. The summed E-state index contributed by atoms with van der Waals surface area (Å²) in [5, 5.41) is 13.1. The van der Waals surface area contributed by atoms with Gasteiger partial charge in [0.1, 0.15) is 6.10 Å². The minimum absolute atomic E-state index is 0.0850. The second-order valence-electron chi connectivity index (χ2n) is 9.45. The highest BCUT2D eigenvalue weighted by Gasteiger charge is 2.23. The van der Waals surface area contributed by atoms with Gasteiger partial charge < -0.3 is 15.2 Å². The number of aryl methyl sites for hydroxylation is 2. The number of rotatable bonds is 3. The van der Waals surface area contributed by atoms with Crippen molar-refractivity contribution in [2.24, 2.45) is 17.8 Å². The summed E-state index contributed by atoms with van der Waals surface area (Å²) in [7, 11) is 3.94. The molecule has 0 spiro atoms. The van der Waals surface area contributed by atoms with Crippen LogP contribution in [0.4, 0.5) is 0 Å². The van der Waals surface area contributed by atoms with Gasteiger partial charge in [-0.2, -0.15) is 10.2 Å². The molecule has 3 aromatic rings. The third-order valence-corrected chi connectivity index (χ3v) is 5.90. The molecule has 1 unspecified atom stereocenters. The summed E-state index contributed by atoms with van der Waals surface area (Å²) in [5.41, 5.74) is 12.1. The van der Waals surface area contributed by atoms with Crippen molar-refractivity contribution in [3.05, 3.63) is 41.2 Å². The molecular formula is C26H36N8O2. The lowest BCUT2D eigenvalue weighted by Crippen LogP contribution is -2.36. The molecule has 0 fully saturated rings. The maximum Gasteiger partial charge on any atom is 0.221 e. The van der Waals surface area contributed by atoms with E-state index in [1.54, 1.807) is 10.9 Å². The molecular weight excluding hydrogens is 456 g/mol. The zero-order valence-corrected chi connectivity index (χ0v) is 22.2. The van der Waals surface area contributed by atoms with Gasteiger partial charge in [0, 0.05) is 31.6 Å². The summed E-state index contributed by atoms with van der Waals surface area (Å²) in [5.74, 6) is 1.03. The van der Waals surface area contributed by atoms with Crippen molar-refractivity contribution in [3.8, 4) is 17.1 Å². The van der Waals surface area contributed by atoms with Crippen molar-refractivity contribution in [3.63, 3.8) is 0 Å². The van der Waals surface area contributed by atoms with Crippen molar-refractivity contribution < 1.29 is 9.47 Å². The second-order valence-corrected chi connectivity index (χ2v) is 9.45. The van der Waals surface area contributed by atoms with Crippen LogP contribution in [0.1, 0.15) is 39.1 Å². The van der Waals surface area contributed by atoms with Gasteiger partial charge in [-0.15, -0.1) is 0 Å². The summed E-state index contributed by atoms with van der Waals surface area (Å²) in [6.45, 7) is 11.7. The molecule has 1 atom stereocenters. The van der Waals surface area contributed by atoms with E-state index in [0.29, 0.717) is 31.5 Å². The fourth-order valence-electron chi connectivity index (χ4n) is 4.48. The van der Waals surface area contributed by atoms with Crippen LogP contribution in [0.25, 0.3) is 28.2 Å². The van der Waals surface area contributed by atoms with Crippen LogP contribution < -0.4 is 10.5 Å². The van der Waals surface area contributed by atoms with E-state index < -0.39 is 0 Å². The standard InChI is InChI=1S/C26H36N8O2/c1-8-35-25(27)18-9-10-20-19-11-21(28-12-22(19)31-30-20)24-17(5)32-34(7)26(24)36-16(4)13-33(6)14-23(18)29-15(2)3/h9-12,15-16H,8,13-14,27H2,1-7H3,(H,30,31)/b10-9+,25-18+,29-23?. The molecule has 3 aromatic heterocycles. The van der Waals surface area contributed by atoms with Crippen molar-refractivity contribution in [1.29, 1.82) is 0 Å². The SMILES string of the molecule is CCO/C(N)=C1\C=C\c2n[nH]c3cnc(cc23)-c2c(C)nn(C)c2OC(C)CN(C)CC1=NC(C)C. The van der Waals surface area contributed by atoms with Gasteiger partial charge in [0.2, 0.25) is 5.88 Å². The maximum atomic E-state index is 6.45. The average Bonchev–Trinajstić information content (AvgIpc) is 3.32. The van der Waals surface area contributed by atoms with Gasteiger partial charge in [0.15, 0.2) is 5.88 Å². The van der Waals surface area contributed by atoms with Crippen LogP contribution in [-0.4, -0.2) is 74.5 Å². The molecule has 10 heteroatoms. The highest BCUT2D eigenvalue weighted by molar-refractivity contribution is 6.05. The average molecular weight is 493 g/mol. The Morgan fingerprint density at radius 3 is 2.83 bits per heavy atom. The number of aliphatic imine (C=N–C) groups is 1. The largest absolute Gasteiger partial charge is 0.479 e. The minimum atomic E-state index is -0.116. The first-order valence-electron chi connectivity index (χ1n) is 12.3. The van der Waals surface area contributed by atoms with Gasteiger partial charge in [-0.1, -0.05) is 0 Å². The zero-order chi connectivity index (χ0) is 26.0. The normalized spacial score (nSPS) is 20.8. The van der Waals surface area contributed by atoms with E-state index in [4.69, 9.17) is 25.2 Å². The van der Waals surface area contributed by atoms with Crippen LogP contribution in [-0.2, 0) is 11.8 Å². The Morgan fingerprint density at radius 2 is 2.11 bits per heavy atom. The van der Waals surface area contributed by atoms with Gasteiger partial charge in [0.25, 0.3) is 0 Å². The van der Waals surface area contributed by atoms with E-state index in [2.05, 4.69) is 41.0 Å².